The van der Waals surface area contributed by atoms with Gasteiger partial charge in [0.15, 0.2) is 11.6 Å². The van der Waals surface area contributed by atoms with Crippen molar-refractivity contribution in [2.45, 2.75) is 12.5 Å². The van der Waals surface area contributed by atoms with Crippen molar-refractivity contribution in [3.8, 4) is 28.3 Å². The number of hydrogen-bond acceptors (Lipinski definition) is 5. The second-order valence-electron chi connectivity index (χ2n) is 9.94. The summed E-state index contributed by atoms with van der Waals surface area (Å²) in [5, 5.41) is 4.02. The molecule has 0 fully saturated rings. The number of imidazole rings is 1. The van der Waals surface area contributed by atoms with Crippen LogP contribution in [0.2, 0.25) is 0 Å². The minimum atomic E-state index is -0.454. The summed E-state index contributed by atoms with van der Waals surface area (Å²) in [7, 11) is 1.62. The van der Waals surface area contributed by atoms with Gasteiger partial charge in [-0.3, -0.25) is 4.79 Å². The third kappa shape index (κ3) is 4.31. The van der Waals surface area contributed by atoms with Crippen molar-refractivity contribution < 1.29 is 18.7 Å². The third-order valence-electron chi connectivity index (χ3n) is 7.47. The van der Waals surface area contributed by atoms with Gasteiger partial charge in [0, 0.05) is 55.6 Å². The highest BCUT2D eigenvalue weighted by atomic mass is 19.1. The number of ether oxygens (including phenoxy) is 2. The molecule has 3 aromatic carbocycles. The predicted molar refractivity (Wildman–Crippen MR) is 154 cm³/mol. The summed E-state index contributed by atoms with van der Waals surface area (Å²) in [6.45, 7) is 0.885. The van der Waals surface area contributed by atoms with Crippen molar-refractivity contribution in [3.63, 3.8) is 0 Å². The molecule has 0 aliphatic heterocycles. The van der Waals surface area contributed by atoms with Gasteiger partial charge < -0.3 is 24.8 Å². The molecule has 0 saturated heterocycles. The second kappa shape index (κ2) is 10.2. The van der Waals surface area contributed by atoms with Gasteiger partial charge in [-0.25, -0.2) is 14.4 Å². The van der Waals surface area contributed by atoms with Crippen LogP contribution in [0.3, 0.4) is 0 Å². The molecule has 0 bridgehead atoms. The quantitative estimate of drug-likeness (QED) is 0.198. The van der Waals surface area contributed by atoms with Crippen LogP contribution in [0.25, 0.3) is 44.6 Å². The van der Waals surface area contributed by atoms with Crippen molar-refractivity contribution >= 4 is 28.0 Å². The van der Waals surface area contributed by atoms with Gasteiger partial charge in [0.2, 0.25) is 0 Å². The number of carbonyl (C=O) groups excluding carboxylic acids is 1. The SMILES string of the molecule is COCCCOc1cc2nc(-c3cccc4c3-c3ccccc3[C@H]4NC(=O)c3ccnc4[nH]ccc34)[nH]c2cc1F. The Balaban J connectivity index is 1.27. The lowest BCUT2D eigenvalue weighted by Crippen LogP contribution is -2.28. The molecule has 0 radical (unpaired) electrons. The van der Waals surface area contributed by atoms with E-state index >= 15 is 0 Å². The number of fused-ring (bicyclic) bond motifs is 5. The monoisotopic (exact) mass is 547 g/mol. The number of carbonyl (C=O) groups is 1. The summed E-state index contributed by atoms with van der Waals surface area (Å²) in [6, 6.07) is 20.3. The molecule has 0 spiro atoms. The van der Waals surface area contributed by atoms with Gasteiger partial charge in [0.05, 0.1) is 29.2 Å². The Morgan fingerprint density at radius 2 is 1.88 bits per heavy atom. The normalized spacial score (nSPS) is 13.9. The van der Waals surface area contributed by atoms with Crippen LogP contribution < -0.4 is 10.1 Å². The van der Waals surface area contributed by atoms with Gasteiger partial charge in [-0.15, -0.1) is 0 Å². The maximum atomic E-state index is 14.8. The molecule has 1 aliphatic rings. The molecular formula is C32H26FN5O3. The van der Waals surface area contributed by atoms with E-state index in [0.29, 0.717) is 47.7 Å². The van der Waals surface area contributed by atoms with Gasteiger partial charge in [0.1, 0.15) is 11.5 Å². The Morgan fingerprint density at radius 1 is 1.02 bits per heavy atom. The molecule has 1 aliphatic carbocycles. The molecule has 6 aromatic rings. The first-order valence-corrected chi connectivity index (χ1v) is 13.4. The number of aromatic amines is 2. The lowest BCUT2D eigenvalue weighted by molar-refractivity contribution is 0.0945. The van der Waals surface area contributed by atoms with Gasteiger partial charge in [-0.1, -0.05) is 42.5 Å². The highest BCUT2D eigenvalue weighted by Crippen LogP contribution is 2.48. The number of nitrogens with zero attached hydrogens (tertiary/aromatic N) is 2. The Hall–Kier alpha value is -5.02. The Kier molecular flexibility index (Phi) is 6.20. The summed E-state index contributed by atoms with van der Waals surface area (Å²) in [6.07, 6.45) is 4.06. The molecule has 1 atom stereocenters. The van der Waals surface area contributed by atoms with Crippen molar-refractivity contribution in [2.75, 3.05) is 20.3 Å². The molecule has 8 nitrogen and oxygen atoms in total. The number of pyridine rings is 1. The van der Waals surface area contributed by atoms with Gasteiger partial charge in [0.25, 0.3) is 5.91 Å². The topological polar surface area (TPSA) is 105 Å². The fourth-order valence-electron chi connectivity index (χ4n) is 5.61. The van der Waals surface area contributed by atoms with Crippen LogP contribution in [-0.2, 0) is 4.74 Å². The van der Waals surface area contributed by atoms with E-state index < -0.39 is 5.82 Å². The largest absolute Gasteiger partial charge is 0.490 e. The molecule has 3 heterocycles. The second-order valence-corrected chi connectivity index (χ2v) is 9.94. The van der Waals surface area contributed by atoms with Gasteiger partial charge in [-0.2, -0.15) is 0 Å². The van der Waals surface area contributed by atoms with Crippen molar-refractivity contribution in [2.24, 2.45) is 0 Å². The number of amides is 1. The number of aromatic nitrogens is 4. The molecule has 0 unspecified atom stereocenters. The maximum absolute atomic E-state index is 14.8. The van der Waals surface area contributed by atoms with Gasteiger partial charge >= 0.3 is 0 Å². The maximum Gasteiger partial charge on any atom is 0.252 e. The van der Waals surface area contributed by atoms with Crippen LogP contribution >= 0.6 is 0 Å². The summed E-state index contributed by atoms with van der Waals surface area (Å²) in [4.78, 5) is 29.0. The summed E-state index contributed by atoms with van der Waals surface area (Å²) in [5.41, 5.74) is 7.21. The van der Waals surface area contributed by atoms with Crippen LogP contribution in [0.4, 0.5) is 4.39 Å². The van der Waals surface area contributed by atoms with E-state index in [2.05, 4.69) is 26.3 Å². The number of hydrogen-bond donors (Lipinski definition) is 3. The van der Waals surface area contributed by atoms with Crippen molar-refractivity contribution in [1.82, 2.24) is 25.3 Å². The first kappa shape index (κ1) is 25.0. The third-order valence-corrected chi connectivity index (χ3v) is 7.47. The Labute approximate surface area is 234 Å². The lowest BCUT2D eigenvalue weighted by atomic mass is 9.98. The van der Waals surface area contributed by atoms with Crippen LogP contribution in [0.1, 0.15) is 33.9 Å². The predicted octanol–water partition coefficient (Wildman–Crippen LogP) is 6.16. The Morgan fingerprint density at radius 3 is 2.78 bits per heavy atom. The number of H-pyrrole nitrogens is 2. The highest BCUT2D eigenvalue weighted by Gasteiger charge is 2.32. The number of nitrogens with one attached hydrogen (secondary N) is 3. The van der Waals surface area contributed by atoms with Crippen molar-refractivity contribution in [1.29, 1.82) is 0 Å². The molecular weight excluding hydrogens is 521 g/mol. The average molecular weight is 548 g/mol. The van der Waals surface area contributed by atoms with Crippen LogP contribution in [-0.4, -0.2) is 46.2 Å². The van der Waals surface area contributed by atoms with E-state index in [0.717, 1.165) is 33.2 Å². The standard InChI is InChI=1S/C32H26FN5O3/c1-40-14-5-15-41-27-17-26-25(16-24(27)33)36-31(37-26)23-9-4-8-22-28(23)18-6-2-3-7-19(18)29(22)38-32(39)21-11-13-35-30-20(21)10-12-34-30/h2-4,6-13,16-17,29H,5,14-15H2,1H3,(H,34,35)(H,36,37)(H,38,39)/t29-/m1/s1. The van der Waals surface area contributed by atoms with Crippen LogP contribution in [0.5, 0.6) is 5.75 Å². The van der Waals surface area contributed by atoms with Crippen LogP contribution in [0, 0.1) is 5.82 Å². The van der Waals surface area contributed by atoms with Crippen LogP contribution in [0.15, 0.2) is 79.1 Å². The van der Waals surface area contributed by atoms with E-state index in [4.69, 9.17) is 14.5 Å². The molecule has 9 heteroatoms. The van der Waals surface area contributed by atoms with E-state index in [1.54, 1.807) is 31.6 Å². The van der Waals surface area contributed by atoms with E-state index in [-0.39, 0.29) is 17.7 Å². The summed E-state index contributed by atoms with van der Waals surface area (Å²) in [5.74, 6) is 0.125. The minimum Gasteiger partial charge on any atom is -0.490 e. The van der Waals surface area contributed by atoms with Gasteiger partial charge in [-0.05, 0) is 34.4 Å². The Bertz CT molecular complexity index is 1930. The zero-order valence-corrected chi connectivity index (χ0v) is 22.2. The number of methoxy groups -OCH3 is 1. The fourth-order valence-corrected chi connectivity index (χ4v) is 5.61. The molecule has 41 heavy (non-hydrogen) atoms. The lowest BCUT2D eigenvalue weighted by Gasteiger charge is -2.16. The molecule has 1 amide bonds. The fraction of sp³-hybridized carbons (Fsp3) is 0.156. The van der Waals surface area contributed by atoms with E-state index in [1.807, 2.05) is 42.5 Å². The minimum absolute atomic E-state index is 0.158. The summed E-state index contributed by atoms with van der Waals surface area (Å²) < 4.78 is 25.5. The highest BCUT2D eigenvalue weighted by molar-refractivity contribution is 6.06. The number of benzene rings is 3. The molecule has 204 valence electrons. The van der Waals surface area contributed by atoms with E-state index in [1.165, 1.54) is 6.07 Å². The first-order chi connectivity index (χ1) is 20.1. The molecule has 0 saturated carbocycles. The smallest absolute Gasteiger partial charge is 0.252 e. The molecule has 3 N–H and O–H groups in total. The number of halogens is 1. The van der Waals surface area contributed by atoms with Crippen molar-refractivity contribution in [3.05, 3.63) is 102 Å². The average Bonchev–Trinajstić information content (AvgIpc) is 3.71. The van der Waals surface area contributed by atoms with E-state index in [9.17, 15) is 9.18 Å². The zero-order valence-electron chi connectivity index (χ0n) is 22.2. The summed E-state index contributed by atoms with van der Waals surface area (Å²) >= 11 is 0. The number of rotatable bonds is 8. The molecule has 7 rings (SSSR count). The molecule has 3 aromatic heterocycles. The first-order valence-electron chi connectivity index (χ1n) is 13.4. The zero-order chi connectivity index (χ0) is 27.9.